The highest BCUT2D eigenvalue weighted by molar-refractivity contribution is 7.98. The molecule has 3 nitrogen and oxygen atoms in total. The lowest BCUT2D eigenvalue weighted by molar-refractivity contribution is 0.626. The van der Waals surface area contributed by atoms with Gasteiger partial charge in [-0.05, 0) is 61.0 Å². The average molecular weight is 412 g/mol. The number of halogens is 2. The fourth-order valence-electron chi connectivity index (χ4n) is 2.65. The van der Waals surface area contributed by atoms with Crippen LogP contribution in [0.25, 0.3) is 21.1 Å². The summed E-state index contributed by atoms with van der Waals surface area (Å²) in [6, 6.07) is 16.6. The molecule has 2 aromatic carbocycles. The van der Waals surface area contributed by atoms with Crippen LogP contribution in [0.15, 0.2) is 65.7 Å². The predicted molar refractivity (Wildman–Crippen MR) is 109 cm³/mol. The van der Waals surface area contributed by atoms with E-state index in [1.807, 2.05) is 25.1 Å². The molecule has 7 heteroatoms. The Bertz CT molecular complexity index is 1090. The molecule has 0 aliphatic heterocycles. The molecule has 2 aromatic heterocycles. The smallest absolute Gasteiger partial charge is 0.124 e. The largest absolute Gasteiger partial charge is 0.241 e. The molecule has 0 fully saturated rings. The molecule has 4 aromatic rings. The highest BCUT2D eigenvalue weighted by atomic mass is 32.2. The van der Waals surface area contributed by atoms with Crippen LogP contribution in [0.4, 0.5) is 8.78 Å². The lowest BCUT2D eigenvalue weighted by atomic mass is 10.2. The Morgan fingerprint density at radius 3 is 2.46 bits per heavy atom. The van der Waals surface area contributed by atoms with Gasteiger partial charge in [0.15, 0.2) is 0 Å². The zero-order valence-electron chi connectivity index (χ0n) is 14.9. The van der Waals surface area contributed by atoms with E-state index in [4.69, 9.17) is 0 Å². The van der Waals surface area contributed by atoms with E-state index in [-0.39, 0.29) is 11.6 Å². The molecule has 140 valence electrons. The van der Waals surface area contributed by atoms with Gasteiger partial charge in [-0.3, -0.25) is 0 Å². The van der Waals surface area contributed by atoms with Gasteiger partial charge in [0.2, 0.25) is 0 Å². The molecule has 0 saturated carbocycles. The Labute approximate surface area is 169 Å². The molecular formula is C21H15F2N3S2. The number of aryl methyl sites for hydroxylation is 1. The Balaban J connectivity index is 1.50. The molecule has 28 heavy (non-hydrogen) atoms. The Kier molecular flexibility index (Phi) is 5.45. The van der Waals surface area contributed by atoms with Crippen LogP contribution in [0.1, 0.15) is 11.3 Å². The first-order chi connectivity index (χ1) is 13.6. The standard InChI is InChI=1S/C21H15F2N3S2/c1-13-20(28-21(24-13)15-5-7-16(22)8-6-15)18-9-10-19(26-25-18)27-12-14-3-2-4-17(23)11-14/h2-11H,12H2,1H3. The monoisotopic (exact) mass is 411 g/mol. The minimum absolute atomic E-state index is 0.239. The summed E-state index contributed by atoms with van der Waals surface area (Å²) in [5.41, 5.74) is 3.38. The van der Waals surface area contributed by atoms with Gasteiger partial charge < -0.3 is 0 Å². The van der Waals surface area contributed by atoms with E-state index in [0.29, 0.717) is 5.75 Å². The van der Waals surface area contributed by atoms with Crippen LogP contribution in [0.3, 0.4) is 0 Å². The third-order valence-electron chi connectivity index (χ3n) is 4.04. The number of nitrogens with zero attached hydrogens (tertiary/aromatic N) is 3. The highest BCUT2D eigenvalue weighted by Crippen LogP contribution is 2.34. The third-order valence-corrected chi connectivity index (χ3v) is 6.26. The molecule has 0 bridgehead atoms. The summed E-state index contributed by atoms with van der Waals surface area (Å²) >= 11 is 3.01. The summed E-state index contributed by atoms with van der Waals surface area (Å²) < 4.78 is 26.4. The van der Waals surface area contributed by atoms with Gasteiger partial charge in [-0.1, -0.05) is 23.9 Å². The van der Waals surface area contributed by atoms with Gasteiger partial charge in [-0.25, -0.2) is 13.8 Å². The molecule has 0 amide bonds. The normalized spacial score (nSPS) is 11.0. The second kappa shape index (κ2) is 8.16. The first-order valence-corrected chi connectivity index (χ1v) is 10.3. The topological polar surface area (TPSA) is 38.7 Å². The first-order valence-electron chi connectivity index (χ1n) is 8.53. The number of aromatic nitrogens is 3. The van der Waals surface area contributed by atoms with Crippen LogP contribution in [-0.4, -0.2) is 15.2 Å². The number of benzene rings is 2. The zero-order chi connectivity index (χ0) is 19.5. The minimum atomic E-state index is -0.269. The lowest BCUT2D eigenvalue weighted by Gasteiger charge is -2.02. The zero-order valence-corrected chi connectivity index (χ0v) is 16.5. The summed E-state index contributed by atoms with van der Waals surface area (Å²) in [6.45, 7) is 1.92. The van der Waals surface area contributed by atoms with Crippen molar-refractivity contribution in [1.82, 2.24) is 15.2 Å². The van der Waals surface area contributed by atoms with Gasteiger partial charge in [0.25, 0.3) is 0 Å². The van der Waals surface area contributed by atoms with Gasteiger partial charge >= 0.3 is 0 Å². The molecule has 0 N–H and O–H groups in total. The molecule has 0 saturated heterocycles. The van der Waals surface area contributed by atoms with Gasteiger partial charge in [-0.2, -0.15) is 0 Å². The highest BCUT2D eigenvalue weighted by Gasteiger charge is 2.13. The molecule has 0 radical (unpaired) electrons. The van der Waals surface area contributed by atoms with Crippen molar-refractivity contribution in [2.45, 2.75) is 17.7 Å². The first kappa shape index (κ1) is 18.7. The summed E-state index contributed by atoms with van der Waals surface area (Å²) in [6.07, 6.45) is 0. The van der Waals surface area contributed by atoms with E-state index >= 15 is 0 Å². The number of hydrogen-bond donors (Lipinski definition) is 0. The molecule has 4 rings (SSSR count). The van der Waals surface area contributed by atoms with Gasteiger partial charge in [0.1, 0.15) is 27.4 Å². The van der Waals surface area contributed by atoms with Crippen molar-refractivity contribution in [1.29, 1.82) is 0 Å². The molecule has 0 atom stereocenters. The number of thiazole rings is 1. The maximum atomic E-state index is 13.3. The molecule has 0 aliphatic rings. The van der Waals surface area contributed by atoms with Crippen molar-refractivity contribution in [3.05, 3.63) is 83.6 Å². The van der Waals surface area contributed by atoms with Crippen molar-refractivity contribution >= 4 is 23.1 Å². The van der Waals surface area contributed by atoms with E-state index in [1.54, 1.807) is 18.2 Å². The molecule has 0 aliphatic carbocycles. The molecule has 0 unspecified atom stereocenters. The number of hydrogen-bond acceptors (Lipinski definition) is 5. The second-order valence-electron chi connectivity index (χ2n) is 6.12. The average Bonchev–Trinajstić information content (AvgIpc) is 3.09. The van der Waals surface area contributed by atoms with Crippen molar-refractivity contribution in [3.63, 3.8) is 0 Å². The van der Waals surface area contributed by atoms with E-state index < -0.39 is 0 Å². The summed E-state index contributed by atoms with van der Waals surface area (Å²) in [4.78, 5) is 5.52. The van der Waals surface area contributed by atoms with Crippen molar-refractivity contribution in [3.8, 4) is 21.1 Å². The quantitative estimate of drug-likeness (QED) is 0.370. The maximum Gasteiger partial charge on any atom is 0.124 e. The fraction of sp³-hybridized carbons (Fsp3) is 0.0952. The Morgan fingerprint density at radius 2 is 1.75 bits per heavy atom. The van der Waals surface area contributed by atoms with Crippen LogP contribution < -0.4 is 0 Å². The van der Waals surface area contributed by atoms with Crippen LogP contribution >= 0.6 is 23.1 Å². The van der Waals surface area contributed by atoms with Crippen LogP contribution in [0, 0.1) is 18.6 Å². The van der Waals surface area contributed by atoms with Crippen molar-refractivity contribution in [2.75, 3.05) is 0 Å². The second-order valence-corrected chi connectivity index (χ2v) is 8.11. The van der Waals surface area contributed by atoms with E-state index in [2.05, 4.69) is 15.2 Å². The Morgan fingerprint density at radius 1 is 0.929 bits per heavy atom. The maximum absolute atomic E-state index is 13.3. The van der Waals surface area contributed by atoms with Crippen LogP contribution in [0.2, 0.25) is 0 Å². The summed E-state index contributed by atoms with van der Waals surface area (Å²) in [7, 11) is 0. The minimum Gasteiger partial charge on any atom is -0.241 e. The number of rotatable bonds is 5. The fourth-order valence-corrected chi connectivity index (χ4v) is 4.45. The van der Waals surface area contributed by atoms with E-state index in [0.717, 1.165) is 37.4 Å². The summed E-state index contributed by atoms with van der Waals surface area (Å²) in [5, 5.41) is 10.2. The lowest BCUT2D eigenvalue weighted by Crippen LogP contribution is -1.90. The Hall–Kier alpha value is -2.64. The van der Waals surface area contributed by atoms with Crippen LogP contribution in [0.5, 0.6) is 0 Å². The SMILES string of the molecule is Cc1nc(-c2ccc(F)cc2)sc1-c1ccc(SCc2cccc(F)c2)nn1. The third kappa shape index (κ3) is 4.26. The number of thioether (sulfide) groups is 1. The molecular weight excluding hydrogens is 396 g/mol. The molecule has 0 spiro atoms. The van der Waals surface area contributed by atoms with Gasteiger partial charge in [-0.15, -0.1) is 21.5 Å². The molecule has 2 heterocycles. The van der Waals surface area contributed by atoms with Gasteiger partial charge in [0, 0.05) is 11.3 Å². The van der Waals surface area contributed by atoms with Gasteiger partial charge in [0.05, 0.1) is 10.6 Å². The predicted octanol–water partition coefficient (Wildman–Crippen LogP) is 6.15. The van der Waals surface area contributed by atoms with E-state index in [9.17, 15) is 8.78 Å². The van der Waals surface area contributed by atoms with E-state index in [1.165, 1.54) is 47.4 Å². The van der Waals surface area contributed by atoms with Crippen molar-refractivity contribution < 1.29 is 8.78 Å². The van der Waals surface area contributed by atoms with Crippen LogP contribution in [-0.2, 0) is 5.75 Å². The van der Waals surface area contributed by atoms with Crippen molar-refractivity contribution in [2.24, 2.45) is 0 Å². The summed E-state index contributed by atoms with van der Waals surface area (Å²) in [5.74, 6) is 0.117.